The molecule has 0 aliphatic carbocycles. The molecule has 0 fully saturated rings. The lowest BCUT2D eigenvalue weighted by atomic mass is 10.0. The summed E-state index contributed by atoms with van der Waals surface area (Å²) in [6.07, 6.45) is 0. The molecular weight excluding hydrogens is 252 g/mol. The van der Waals surface area contributed by atoms with Gasteiger partial charge in [0.05, 0.1) is 13.2 Å². The Labute approximate surface area is 118 Å². The second-order valence-corrected chi connectivity index (χ2v) is 4.49. The molecule has 2 N–H and O–H groups in total. The van der Waals surface area contributed by atoms with Crippen molar-refractivity contribution < 1.29 is 9.63 Å². The van der Waals surface area contributed by atoms with Crippen LogP contribution in [0.15, 0.2) is 54.6 Å². The summed E-state index contributed by atoms with van der Waals surface area (Å²) in [5.41, 5.74) is 5.60. The fraction of sp³-hybridized carbons (Fsp3) is 0.188. The van der Waals surface area contributed by atoms with Gasteiger partial charge in [0.15, 0.2) is 0 Å². The van der Waals surface area contributed by atoms with Crippen molar-refractivity contribution in [3.05, 3.63) is 60.2 Å². The number of carbonyl (C=O) groups is 1. The molecule has 0 bridgehead atoms. The van der Waals surface area contributed by atoms with Gasteiger partial charge in [-0.15, -0.1) is 0 Å². The van der Waals surface area contributed by atoms with Crippen LogP contribution in [0.2, 0.25) is 0 Å². The highest BCUT2D eigenvalue weighted by Crippen LogP contribution is 2.21. The Balaban J connectivity index is 2.06. The van der Waals surface area contributed by atoms with Crippen molar-refractivity contribution in [2.45, 2.75) is 13.0 Å². The van der Waals surface area contributed by atoms with Crippen LogP contribution < -0.4 is 10.8 Å². The number of carbonyl (C=O) groups excluding carboxylic acids is 1. The number of rotatable bonds is 4. The molecule has 0 radical (unpaired) electrons. The second-order valence-electron chi connectivity index (χ2n) is 4.49. The molecule has 1 atom stereocenters. The topological polar surface area (TPSA) is 50.4 Å². The molecule has 4 nitrogen and oxygen atoms in total. The first-order chi connectivity index (χ1) is 9.70. The van der Waals surface area contributed by atoms with Crippen LogP contribution in [0, 0.1) is 0 Å². The largest absolute Gasteiger partial charge is 0.339 e. The minimum absolute atomic E-state index is 0.0880. The SMILES string of the molecule is CONC(=O)NC(C)c1ccc(-c2ccccc2)cc1. The first-order valence-corrected chi connectivity index (χ1v) is 6.45. The maximum absolute atomic E-state index is 11.4. The van der Waals surface area contributed by atoms with Crippen LogP contribution in [-0.2, 0) is 4.84 Å². The van der Waals surface area contributed by atoms with E-state index in [1.165, 1.54) is 12.7 Å². The molecule has 0 saturated carbocycles. The van der Waals surface area contributed by atoms with Crippen molar-refractivity contribution in [3.8, 4) is 11.1 Å². The second kappa shape index (κ2) is 6.73. The molecular formula is C16H18N2O2. The average molecular weight is 270 g/mol. The molecule has 104 valence electrons. The molecule has 0 saturated heterocycles. The van der Waals surface area contributed by atoms with Crippen molar-refractivity contribution >= 4 is 6.03 Å². The molecule has 4 heteroatoms. The third-order valence-electron chi connectivity index (χ3n) is 3.06. The Kier molecular flexibility index (Phi) is 4.74. The van der Waals surface area contributed by atoms with E-state index in [1.807, 2.05) is 37.3 Å². The molecule has 0 aliphatic rings. The summed E-state index contributed by atoms with van der Waals surface area (Å²) >= 11 is 0. The van der Waals surface area contributed by atoms with Crippen molar-refractivity contribution in [1.29, 1.82) is 0 Å². The minimum atomic E-state index is -0.355. The third kappa shape index (κ3) is 3.59. The van der Waals surface area contributed by atoms with E-state index in [4.69, 9.17) is 0 Å². The highest BCUT2D eigenvalue weighted by Gasteiger charge is 2.09. The fourth-order valence-corrected chi connectivity index (χ4v) is 2.00. The number of hydrogen-bond acceptors (Lipinski definition) is 2. The van der Waals surface area contributed by atoms with Crippen LogP contribution in [-0.4, -0.2) is 13.1 Å². The van der Waals surface area contributed by atoms with Crippen LogP contribution in [0.4, 0.5) is 4.79 Å². The van der Waals surface area contributed by atoms with E-state index >= 15 is 0 Å². The zero-order valence-electron chi connectivity index (χ0n) is 11.6. The van der Waals surface area contributed by atoms with Gasteiger partial charge < -0.3 is 5.32 Å². The van der Waals surface area contributed by atoms with Gasteiger partial charge >= 0.3 is 6.03 Å². The summed E-state index contributed by atoms with van der Waals surface area (Å²) in [4.78, 5) is 15.9. The molecule has 2 aromatic rings. The molecule has 2 rings (SSSR count). The summed E-state index contributed by atoms with van der Waals surface area (Å²) in [5, 5.41) is 2.78. The van der Waals surface area contributed by atoms with Gasteiger partial charge in [0.25, 0.3) is 0 Å². The monoisotopic (exact) mass is 270 g/mol. The van der Waals surface area contributed by atoms with E-state index in [-0.39, 0.29) is 12.1 Å². The summed E-state index contributed by atoms with van der Waals surface area (Å²) in [6, 6.07) is 17.9. The summed E-state index contributed by atoms with van der Waals surface area (Å²) < 4.78 is 0. The number of hydrogen-bond donors (Lipinski definition) is 2. The number of hydroxylamine groups is 1. The maximum atomic E-state index is 11.4. The lowest BCUT2D eigenvalue weighted by Gasteiger charge is -2.14. The van der Waals surface area contributed by atoms with Gasteiger partial charge in [-0.2, -0.15) is 0 Å². The third-order valence-corrected chi connectivity index (χ3v) is 3.06. The van der Waals surface area contributed by atoms with Crippen LogP contribution in [0.25, 0.3) is 11.1 Å². The van der Waals surface area contributed by atoms with E-state index in [2.05, 4.69) is 39.9 Å². The predicted octanol–water partition coefficient (Wildman–Crippen LogP) is 3.28. The highest BCUT2D eigenvalue weighted by atomic mass is 16.6. The average Bonchev–Trinajstić information content (AvgIpc) is 2.48. The molecule has 1 unspecified atom stereocenters. The van der Waals surface area contributed by atoms with E-state index in [9.17, 15) is 4.79 Å². The van der Waals surface area contributed by atoms with Gasteiger partial charge in [0.1, 0.15) is 0 Å². The zero-order chi connectivity index (χ0) is 14.4. The quantitative estimate of drug-likeness (QED) is 0.838. The Morgan fingerprint density at radius 2 is 1.60 bits per heavy atom. The van der Waals surface area contributed by atoms with E-state index in [0.29, 0.717) is 0 Å². The molecule has 0 aromatic heterocycles. The van der Waals surface area contributed by atoms with E-state index in [0.717, 1.165) is 11.1 Å². The molecule has 20 heavy (non-hydrogen) atoms. The molecule has 0 heterocycles. The minimum Gasteiger partial charge on any atom is -0.330 e. The number of urea groups is 1. The Bertz CT molecular complexity index is 552. The van der Waals surface area contributed by atoms with Crippen molar-refractivity contribution in [1.82, 2.24) is 10.8 Å². The first kappa shape index (κ1) is 14.1. The lowest BCUT2D eigenvalue weighted by molar-refractivity contribution is 0.106. The summed E-state index contributed by atoms with van der Waals surface area (Å²) in [7, 11) is 1.40. The van der Waals surface area contributed by atoms with Gasteiger partial charge in [-0.25, -0.2) is 10.3 Å². The standard InChI is InChI=1S/C16H18N2O2/c1-12(17-16(19)18-20-2)13-8-10-15(11-9-13)14-6-4-3-5-7-14/h3-12H,1-2H3,(H2,17,18,19). The van der Waals surface area contributed by atoms with Gasteiger partial charge in [0.2, 0.25) is 0 Å². The first-order valence-electron chi connectivity index (χ1n) is 6.45. The summed E-state index contributed by atoms with van der Waals surface area (Å²) in [6.45, 7) is 1.92. The van der Waals surface area contributed by atoms with E-state index in [1.54, 1.807) is 0 Å². The Hall–Kier alpha value is -2.33. The van der Waals surface area contributed by atoms with Gasteiger partial charge in [-0.1, -0.05) is 54.6 Å². The van der Waals surface area contributed by atoms with Crippen LogP contribution in [0.1, 0.15) is 18.5 Å². The van der Waals surface area contributed by atoms with Crippen molar-refractivity contribution in [2.75, 3.05) is 7.11 Å². The van der Waals surface area contributed by atoms with Gasteiger partial charge in [-0.05, 0) is 23.6 Å². The molecule has 0 aliphatic heterocycles. The summed E-state index contributed by atoms with van der Waals surface area (Å²) in [5.74, 6) is 0. The molecule has 0 spiro atoms. The normalized spacial score (nSPS) is 11.7. The fourth-order valence-electron chi connectivity index (χ4n) is 2.00. The smallest absolute Gasteiger partial charge is 0.330 e. The Morgan fingerprint density at radius 1 is 1.00 bits per heavy atom. The van der Waals surface area contributed by atoms with Gasteiger partial charge in [-0.3, -0.25) is 4.84 Å². The van der Waals surface area contributed by atoms with Crippen LogP contribution in [0.3, 0.4) is 0 Å². The Morgan fingerprint density at radius 3 is 2.20 bits per heavy atom. The number of nitrogens with one attached hydrogen (secondary N) is 2. The van der Waals surface area contributed by atoms with Gasteiger partial charge in [0, 0.05) is 0 Å². The van der Waals surface area contributed by atoms with Crippen molar-refractivity contribution in [3.63, 3.8) is 0 Å². The van der Waals surface area contributed by atoms with Crippen LogP contribution >= 0.6 is 0 Å². The molecule has 2 aromatic carbocycles. The van der Waals surface area contributed by atoms with E-state index < -0.39 is 0 Å². The number of amides is 2. The van der Waals surface area contributed by atoms with Crippen LogP contribution in [0.5, 0.6) is 0 Å². The maximum Gasteiger partial charge on any atom is 0.339 e. The molecule has 2 amide bonds. The predicted molar refractivity (Wildman–Crippen MR) is 79.0 cm³/mol. The zero-order valence-corrected chi connectivity index (χ0v) is 11.6. The van der Waals surface area contributed by atoms with Crippen molar-refractivity contribution in [2.24, 2.45) is 0 Å². The highest BCUT2D eigenvalue weighted by molar-refractivity contribution is 5.73. The number of benzene rings is 2. The lowest BCUT2D eigenvalue weighted by Crippen LogP contribution is -2.36.